The summed E-state index contributed by atoms with van der Waals surface area (Å²) in [5.74, 6) is 5.88. The molecular formula is C11H17N5O3. The standard InChI is InChI=1S/C11H17N5O3/c12-15-10-6-8(16(18)19)5-9(14-10)13-7-11(1-2-11)3-4-17/h5-6,17H,1-4,7,12H2,(H2,13,14,15). The van der Waals surface area contributed by atoms with Crippen LogP contribution in [0.3, 0.4) is 0 Å². The van der Waals surface area contributed by atoms with Gasteiger partial charge in [-0.05, 0) is 24.7 Å². The number of hydrazine groups is 1. The zero-order valence-corrected chi connectivity index (χ0v) is 10.4. The van der Waals surface area contributed by atoms with Gasteiger partial charge >= 0.3 is 0 Å². The Morgan fingerprint density at radius 2 is 2.16 bits per heavy atom. The Morgan fingerprint density at radius 1 is 1.47 bits per heavy atom. The Kier molecular flexibility index (Phi) is 3.82. The second-order valence-electron chi connectivity index (χ2n) is 4.82. The highest BCUT2D eigenvalue weighted by Crippen LogP contribution is 2.48. The average Bonchev–Trinajstić information content (AvgIpc) is 3.17. The summed E-state index contributed by atoms with van der Waals surface area (Å²) < 4.78 is 0. The lowest BCUT2D eigenvalue weighted by atomic mass is 10.0. The normalized spacial score (nSPS) is 15.9. The number of anilines is 2. The van der Waals surface area contributed by atoms with Gasteiger partial charge in [0.15, 0.2) is 0 Å². The topological polar surface area (TPSA) is 126 Å². The SMILES string of the molecule is NNc1cc([N+](=O)[O-])cc(NCC2(CCO)CC2)n1. The van der Waals surface area contributed by atoms with E-state index in [9.17, 15) is 10.1 Å². The van der Waals surface area contributed by atoms with Gasteiger partial charge in [0, 0.05) is 13.2 Å². The molecule has 1 heterocycles. The molecule has 1 aromatic rings. The number of aromatic nitrogens is 1. The second kappa shape index (κ2) is 5.37. The van der Waals surface area contributed by atoms with E-state index in [4.69, 9.17) is 10.9 Å². The molecule has 0 bridgehead atoms. The van der Waals surface area contributed by atoms with Crippen LogP contribution in [0.25, 0.3) is 0 Å². The van der Waals surface area contributed by atoms with Gasteiger partial charge in [0.2, 0.25) is 0 Å². The van der Waals surface area contributed by atoms with E-state index in [2.05, 4.69) is 15.7 Å². The van der Waals surface area contributed by atoms with Crippen LogP contribution in [0.15, 0.2) is 12.1 Å². The van der Waals surface area contributed by atoms with Crippen molar-refractivity contribution in [3.8, 4) is 0 Å². The van der Waals surface area contributed by atoms with Crippen molar-refractivity contribution in [2.24, 2.45) is 11.3 Å². The van der Waals surface area contributed by atoms with Crippen molar-refractivity contribution in [3.05, 3.63) is 22.2 Å². The molecule has 0 atom stereocenters. The Morgan fingerprint density at radius 3 is 2.68 bits per heavy atom. The average molecular weight is 267 g/mol. The minimum Gasteiger partial charge on any atom is -0.396 e. The van der Waals surface area contributed by atoms with Crippen LogP contribution in [-0.4, -0.2) is 28.2 Å². The number of nitrogen functional groups attached to an aromatic ring is 1. The second-order valence-corrected chi connectivity index (χ2v) is 4.82. The van der Waals surface area contributed by atoms with Gasteiger partial charge in [-0.1, -0.05) is 0 Å². The van der Waals surface area contributed by atoms with Gasteiger partial charge in [-0.15, -0.1) is 0 Å². The molecule has 0 saturated heterocycles. The van der Waals surface area contributed by atoms with Crippen molar-refractivity contribution in [3.63, 3.8) is 0 Å². The third-order valence-corrected chi connectivity index (χ3v) is 3.41. The Bertz CT molecular complexity index is 475. The number of nitrogens with two attached hydrogens (primary N) is 1. The fourth-order valence-electron chi connectivity index (χ4n) is 1.99. The molecule has 1 aliphatic carbocycles. The highest BCUT2D eigenvalue weighted by Gasteiger charge is 2.41. The molecule has 104 valence electrons. The van der Waals surface area contributed by atoms with Gasteiger partial charge in [0.05, 0.1) is 17.1 Å². The van der Waals surface area contributed by atoms with Crippen molar-refractivity contribution in [2.45, 2.75) is 19.3 Å². The molecule has 8 heteroatoms. The van der Waals surface area contributed by atoms with Crippen LogP contribution >= 0.6 is 0 Å². The first-order valence-corrected chi connectivity index (χ1v) is 6.06. The number of hydrogen-bond donors (Lipinski definition) is 4. The summed E-state index contributed by atoms with van der Waals surface area (Å²) in [6.45, 7) is 0.797. The number of nitrogens with zero attached hydrogens (tertiary/aromatic N) is 2. The number of nitro groups is 1. The minimum absolute atomic E-state index is 0.0718. The molecule has 5 N–H and O–H groups in total. The number of aliphatic hydroxyl groups is 1. The molecule has 1 aromatic heterocycles. The maximum Gasteiger partial charge on any atom is 0.276 e. The molecule has 19 heavy (non-hydrogen) atoms. The molecule has 2 rings (SSSR count). The number of nitrogens with one attached hydrogen (secondary N) is 2. The highest BCUT2D eigenvalue weighted by molar-refractivity contribution is 5.54. The first kappa shape index (κ1) is 13.5. The molecule has 0 radical (unpaired) electrons. The van der Waals surface area contributed by atoms with Crippen molar-refractivity contribution < 1.29 is 10.0 Å². The van der Waals surface area contributed by atoms with Crippen LogP contribution in [0.5, 0.6) is 0 Å². The van der Waals surface area contributed by atoms with Crippen molar-refractivity contribution in [1.29, 1.82) is 0 Å². The van der Waals surface area contributed by atoms with Crippen molar-refractivity contribution in [2.75, 3.05) is 23.9 Å². The van der Waals surface area contributed by atoms with E-state index in [1.54, 1.807) is 0 Å². The molecule has 0 spiro atoms. The predicted octanol–water partition coefficient (Wildman–Crippen LogP) is 0.850. The molecule has 0 unspecified atom stereocenters. The van der Waals surface area contributed by atoms with Crippen molar-refractivity contribution >= 4 is 17.3 Å². The van der Waals surface area contributed by atoms with E-state index in [1.165, 1.54) is 12.1 Å². The molecule has 0 aliphatic heterocycles. The maximum absolute atomic E-state index is 10.8. The first-order valence-electron chi connectivity index (χ1n) is 6.06. The third kappa shape index (κ3) is 3.30. The predicted molar refractivity (Wildman–Crippen MR) is 70.6 cm³/mol. The van der Waals surface area contributed by atoms with Crippen LogP contribution in [0.4, 0.5) is 17.3 Å². The van der Waals surface area contributed by atoms with Crippen LogP contribution in [0.2, 0.25) is 0 Å². The monoisotopic (exact) mass is 267 g/mol. The summed E-state index contributed by atoms with van der Waals surface area (Å²) in [4.78, 5) is 14.4. The lowest BCUT2D eigenvalue weighted by Crippen LogP contribution is -2.18. The van der Waals surface area contributed by atoms with Gasteiger partial charge < -0.3 is 15.8 Å². The highest BCUT2D eigenvalue weighted by atomic mass is 16.6. The number of hydrogen-bond acceptors (Lipinski definition) is 7. The summed E-state index contributed by atoms with van der Waals surface area (Å²) >= 11 is 0. The minimum atomic E-state index is -0.492. The van der Waals surface area contributed by atoms with Crippen LogP contribution in [-0.2, 0) is 0 Å². The van der Waals surface area contributed by atoms with Gasteiger partial charge in [-0.25, -0.2) is 10.8 Å². The molecule has 1 saturated carbocycles. The number of rotatable bonds is 7. The molecule has 1 aliphatic rings. The lowest BCUT2D eigenvalue weighted by Gasteiger charge is -2.15. The van der Waals surface area contributed by atoms with Gasteiger partial charge in [-0.2, -0.15) is 0 Å². The zero-order chi connectivity index (χ0) is 13.9. The Balaban J connectivity index is 2.07. The smallest absolute Gasteiger partial charge is 0.276 e. The van der Waals surface area contributed by atoms with Gasteiger partial charge in [0.1, 0.15) is 11.6 Å². The third-order valence-electron chi connectivity index (χ3n) is 3.41. The van der Waals surface area contributed by atoms with Gasteiger partial charge in [0.25, 0.3) is 5.69 Å². The van der Waals surface area contributed by atoms with Gasteiger partial charge in [-0.3, -0.25) is 10.1 Å². The van der Waals surface area contributed by atoms with Crippen LogP contribution in [0.1, 0.15) is 19.3 Å². The van der Waals surface area contributed by atoms with E-state index < -0.39 is 4.92 Å². The summed E-state index contributed by atoms with van der Waals surface area (Å²) in [5.41, 5.74) is 2.34. The fourth-order valence-corrected chi connectivity index (χ4v) is 1.99. The number of aliphatic hydroxyl groups excluding tert-OH is 1. The summed E-state index contributed by atoms with van der Waals surface area (Å²) in [6, 6.07) is 2.64. The Labute approximate surface area is 110 Å². The first-order chi connectivity index (χ1) is 9.08. The molecular weight excluding hydrogens is 250 g/mol. The quantitative estimate of drug-likeness (QED) is 0.327. The molecule has 0 amide bonds. The largest absolute Gasteiger partial charge is 0.396 e. The van der Waals surface area contributed by atoms with E-state index in [0.29, 0.717) is 12.4 Å². The zero-order valence-electron chi connectivity index (χ0n) is 10.4. The lowest BCUT2D eigenvalue weighted by molar-refractivity contribution is -0.384. The summed E-state index contributed by atoms with van der Waals surface area (Å²) in [7, 11) is 0. The number of pyridine rings is 1. The van der Waals surface area contributed by atoms with Crippen molar-refractivity contribution in [1.82, 2.24) is 4.98 Å². The molecule has 0 aromatic carbocycles. The molecule has 1 fully saturated rings. The van der Waals surface area contributed by atoms with E-state index >= 15 is 0 Å². The van der Waals surface area contributed by atoms with E-state index in [-0.39, 0.29) is 23.5 Å². The van der Waals surface area contributed by atoms with E-state index in [0.717, 1.165) is 19.3 Å². The van der Waals surface area contributed by atoms with Crippen LogP contribution < -0.4 is 16.6 Å². The summed E-state index contributed by atoms with van der Waals surface area (Å²) in [5, 5.41) is 22.8. The van der Waals surface area contributed by atoms with E-state index in [1.807, 2.05) is 0 Å². The summed E-state index contributed by atoms with van der Waals surface area (Å²) in [6.07, 6.45) is 2.84. The molecule has 8 nitrogen and oxygen atoms in total. The Hall–Kier alpha value is -1.93. The van der Waals surface area contributed by atoms with Crippen LogP contribution in [0, 0.1) is 15.5 Å². The fraction of sp³-hybridized carbons (Fsp3) is 0.545. The maximum atomic E-state index is 10.8.